The van der Waals surface area contributed by atoms with E-state index in [0.717, 1.165) is 36.1 Å². The highest BCUT2D eigenvalue weighted by atomic mass is 35.5. The van der Waals surface area contributed by atoms with Gasteiger partial charge in [0, 0.05) is 29.4 Å². The topological polar surface area (TPSA) is 84.2 Å². The van der Waals surface area contributed by atoms with Crippen LogP contribution >= 0.6 is 11.6 Å². The van der Waals surface area contributed by atoms with Crippen molar-refractivity contribution in [3.8, 4) is 0 Å². The highest BCUT2D eigenvalue weighted by molar-refractivity contribution is 6.30. The van der Waals surface area contributed by atoms with Crippen LogP contribution in [0.25, 0.3) is 5.57 Å². The number of aromatic nitrogens is 1. The highest BCUT2D eigenvalue weighted by Crippen LogP contribution is 2.28. The van der Waals surface area contributed by atoms with Gasteiger partial charge in [-0.3, -0.25) is 14.7 Å². The lowest BCUT2D eigenvalue weighted by atomic mass is 9.97. The Hall–Kier alpha value is -2.45. The molecule has 30 heavy (non-hydrogen) atoms. The molecular weight excluding hydrogens is 404 g/mol. The zero-order chi connectivity index (χ0) is 21.1. The Labute approximate surface area is 180 Å². The van der Waals surface area contributed by atoms with Crippen molar-refractivity contribution in [3.05, 3.63) is 70.3 Å². The van der Waals surface area contributed by atoms with Gasteiger partial charge in [0.05, 0.1) is 25.4 Å². The summed E-state index contributed by atoms with van der Waals surface area (Å²) >= 11 is 6.01. The van der Waals surface area contributed by atoms with Crippen LogP contribution in [0.2, 0.25) is 5.02 Å². The molecule has 3 heterocycles. The van der Waals surface area contributed by atoms with Crippen molar-refractivity contribution in [2.45, 2.75) is 31.7 Å². The summed E-state index contributed by atoms with van der Waals surface area (Å²) in [4.78, 5) is 17.3. The average Bonchev–Trinajstić information content (AvgIpc) is 3.18. The summed E-state index contributed by atoms with van der Waals surface area (Å²) in [6, 6.07) is 9.79. The van der Waals surface area contributed by atoms with Crippen LogP contribution in [0.5, 0.6) is 0 Å². The number of carbonyl (C=O) groups is 1. The number of allylic oxidation sites excluding steroid dienone is 1. The molecule has 2 aromatic rings. The molecule has 0 bridgehead atoms. The molecule has 4 rings (SSSR count). The van der Waals surface area contributed by atoms with E-state index >= 15 is 0 Å². The maximum absolute atomic E-state index is 13.1. The third-order valence-corrected chi connectivity index (χ3v) is 6.05. The van der Waals surface area contributed by atoms with Gasteiger partial charge in [0.1, 0.15) is 0 Å². The van der Waals surface area contributed by atoms with Crippen molar-refractivity contribution in [1.82, 2.24) is 14.9 Å². The van der Waals surface area contributed by atoms with Gasteiger partial charge in [-0.15, -0.1) is 0 Å². The van der Waals surface area contributed by atoms with Crippen molar-refractivity contribution in [2.24, 2.45) is 0 Å². The zero-order valence-electron chi connectivity index (χ0n) is 16.6. The van der Waals surface area contributed by atoms with Gasteiger partial charge in [0.25, 0.3) is 0 Å². The van der Waals surface area contributed by atoms with E-state index in [9.17, 15) is 10.0 Å². The van der Waals surface area contributed by atoms with Crippen LogP contribution in [-0.4, -0.2) is 51.6 Å². The molecule has 2 aliphatic heterocycles. The van der Waals surface area contributed by atoms with Crippen LogP contribution in [0.15, 0.2) is 48.9 Å². The molecule has 0 amide bonds. The Morgan fingerprint density at radius 3 is 2.87 bits per heavy atom. The van der Waals surface area contributed by atoms with Crippen molar-refractivity contribution < 1.29 is 15.1 Å². The number of aliphatic carboxylic acids is 1. The van der Waals surface area contributed by atoms with E-state index in [2.05, 4.69) is 9.88 Å². The lowest BCUT2D eigenvalue weighted by molar-refractivity contribution is -0.903. The maximum atomic E-state index is 13.1. The molecule has 1 unspecified atom stereocenters. The number of nitrogens with zero attached hydrogens (tertiary/aromatic N) is 3. The molecule has 8 heteroatoms. The fourth-order valence-corrected chi connectivity index (χ4v) is 4.40. The van der Waals surface area contributed by atoms with Gasteiger partial charge in [-0.1, -0.05) is 23.7 Å². The number of halogens is 1. The number of nitrogens with one attached hydrogen (secondary N) is 1. The lowest BCUT2D eigenvalue weighted by Crippen LogP contribution is -3.09. The summed E-state index contributed by atoms with van der Waals surface area (Å²) in [6.45, 7) is 1.94. The van der Waals surface area contributed by atoms with E-state index in [0.29, 0.717) is 30.2 Å². The summed E-state index contributed by atoms with van der Waals surface area (Å²) in [7, 11) is 0. The van der Waals surface area contributed by atoms with Gasteiger partial charge in [-0.05, 0) is 55.1 Å². The molecule has 158 valence electrons. The van der Waals surface area contributed by atoms with Crippen LogP contribution in [0.3, 0.4) is 0 Å². The monoisotopic (exact) mass is 428 g/mol. The molecule has 2 aliphatic rings. The fraction of sp³-hybridized carbons (Fsp3) is 0.364. The number of pyridine rings is 1. The van der Waals surface area contributed by atoms with E-state index in [1.54, 1.807) is 17.4 Å². The van der Waals surface area contributed by atoms with Gasteiger partial charge in [-0.2, -0.15) is 0 Å². The Balaban J connectivity index is 1.56. The molecular formula is C22H25ClN4O3. The molecule has 0 radical (unpaired) electrons. The van der Waals surface area contributed by atoms with Crippen LogP contribution < -0.4 is 5.17 Å². The molecule has 0 saturated carbocycles. The molecule has 1 aromatic carbocycles. The van der Waals surface area contributed by atoms with Crippen LogP contribution in [0.4, 0.5) is 5.69 Å². The first-order valence-corrected chi connectivity index (χ1v) is 10.6. The number of quaternary nitrogens is 1. The first-order valence-electron chi connectivity index (χ1n) is 10.2. The normalized spacial score (nSPS) is 21.4. The molecule has 1 aromatic heterocycles. The summed E-state index contributed by atoms with van der Waals surface area (Å²) in [5.41, 5.74) is 3.70. The SMILES string of the molecule is O=C(O)CCN1CCC[C@@H]1CN1C=C(Cc2ccc(Cl)cc2)c2ccncc2[NH+]1[O-]. The first-order chi connectivity index (χ1) is 14.5. The predicted molar refractivity (Wildman–Crippen MR) is 115 cm³/mol. The van der Waals surface area contributed by atoms with E-state index in [1.165, 1.54) is 0 Å². The summed E-state index contributed by atoms with van der Waals surface area (Å²) in [5.74, 6) is -0.792. The number of likely N-dealkylation sites (tertiary alicyclic amines) is 1. The molecule has 0 aliphatic carbocycles. The minimum atomic E-state index is -0.792. The second-order valence-corrected chi connectivity index (χ2v) is 8.25. The van der Waals surface area contributed by atoms with Crippen molar-refractivity contribution in [2.75, 3.05) is 19.6 Å². The maximum Gasteiger partial charge on any atom is 0.304 e. The summed E-state index contributed by atoms with van der Waals surface area (Å²) in [5, 5.41) is 24.6. The van der Waals surface area contributed by atoms with Crippen molar-refractivity contribution >= 4 is 28.8 Å². The van der Waals surface area contributed by atoms with E-state index in [-0.39, 0.29) is 17.6 Å². The Kier molecular flexibility index (Phi) is 6.34. The molecule has 0 spiro atoms. The van der Waals surface area contributed by atoms with Gasteiger partial charge in [0.2, 0.25) is 0 Å². The molecule has 2 atom stereocenters. The number of carboxylic acid groups (broad SMARTS) is 1. The summed E-state index contributed by atoms with van der Waals surface area (Å²) < 4.78 is 0. The fourth-order valence-electron chi connectivity index (χ4n) is 4.28. The minimum absolute atomic E-state index is 0.0527. The second-order valence-electron chi connectivity index (χ2n) is 7.81. The van der Waals surface area contributed by atoms with Crippen molar-refractivity contribution in [1.29, 1.82) is 0 Å². The Morgan fingerprint density at radius 2 is 2.10 bits per heavy atom. The van der Waals surface area contributed by atoms with Gasteiger partial charge in [-0.25, -0.2) is 10.2 Å². The van der Waals surface area contributed by atoms with E-state index in [4.69, 9.17) is 16.7 Å². The first kappa shape index (κ1) is 20.8. The zero-order valence-corrected chi connectivity index (χ0v) is 17.4. The number of rotatable bonds is 7. The Morgan fingerprint density at radius 1 is 1.30 bits per heavy atom. The number of hydrogen-bond acceptors (Lipinski definition) is 5. The molecule has 7 nitrogen and oxygen atoms in total. The smallest absolute Gasteiger partial charge is 0.304 e. The third kappa shape index (κ3) is 4.65. The predicted octanol–water partition coefficient (Wildman–Crippen LogP) is 2.50. The Bertz CT molecular complexity index is 934. The summed E-state index contributed by atoms with van der Waals surface area (Å²) in [6.07, 6.45) is 8.08. The number of carboxylic acids is 1. The second kappa shape index (κ2) is 9.14. The van der Waals surface area contributed by atoms with Crippen LogP contribution in [-0.2, 0) is 11.2 Å². The average molecular weight is 429 g/mol. The molecule has 1 saturated heterocycles. The van der Waals surface area contributed by atoms with Gasteiger partial charge in [0.15, 0.2) is 5.69 Å². The molecule has 2 N–H and O–H groups in total. The van der Waals surface area contributed by atoms with Crippen LogP contribution in [0.1, 0.15) is 30.4 Å². The third-order valence-electron chi connectivity index (χ3n) is 5.80. The minimum Gasteiger partial charge on any atom is -0.603 e. The number of fused-ring (bicyclic) bond motifs is 1. The largest absolute Gasteiger partial charge is 0.603 e. The number of benzene rings is 1. The van der Waals surface area contributed by atoms with Crippen LogP contribution in [0, 0.1) is 5.21 Å². The standard InChI is InChI=1S/C22H25ClN4O3/c23-18-5-3-16(4-6-18)12-17-14-26(27(30)21-13-24-9-7-20(17)21)15-19-2-1-10-25(19)11-8-22(28)29/h3-7,9,13-14,19,27H,1-2,8,10-12,15H2,(H,28,29)/t19-/m1/s1. The lowest BCUT2D eigenvalue weighted by Gasteiger charge is -2.40. The highest BCUT2D eigenvalue weighted by Gasteiger charge is 2.31. The number of hydrogen-bond donors (Lipinski definition) is 2. The van der Waals surface area contributed by atoms with Gasteiger partial charge >= 0.3 is 5.97 Å². The molecule has 1 fully saturated rings. The quantitative estimate of drug-likeness (QED) is 0.659. The van der Waals surface area contributed by atoms with Gasteiger partial charge < -0.3 is 10.3 Å². The van der Waals surface area contributed by atoms with E-state index in [1.807, 2.05) is 36.5 Å². The van der Waals surface area contributed by atoms with Crippen molar-refractivity contribution in [3.63, 3.8) is 0 Å². The van der Waals surface area contributed by atoms with E-state index < -0.39 is 5.97 Å².